The Bertz CT molecular complexity index is 884. The largest absolute Gasteiger partial charge is 0.495 e. The molecular weight excluding hydrogens is 386 g/mol. The Balaban J connectivity index is 1.75. The summed E-state index contributed by atoms with van der Waals surface area (Å²) in [5, 5.41) is 5.63. The lowest BCUT2D eigenvalue weighted by Crippen LogP contribution is -2.17. The number of benzene rings is 1. The van der Waals surface area contributed by atoms with Gasteiger partial charge in [0.15, 0.2) is 0 Å². The van der Waals surface area contributed by atoms with Crippen molar-refractivity contribution in [2.75, 3.05) is 31.0 Å². The second-order valence-corrected chi connectivity index (χ2v) is 6.57. The van der Waals surface area contributed by atoms with Gasteiger partial charge in [0.1, 0.15) is 16.9 Å². The monoisotopic (exact) mass is 405 g/mol. The van der Waals surface area contributed by atoms with Crippen molar-refractivity contribution in [3.8, 4) is 11.6 Å². The van der Waals surface area contributed by atoms with E-state index in [4.69, 9.17) is 25.8 Å². The number of hydrogen-bond acceptors (Lipinski definition) is 6. The van der Waals surface area contributed by atoms with Crippen LogP contribution in [0.4, 0.5) is 11.4 Å². The van der Waals surface area contributed by atoms with Crippen LogP contribution in [0.15, 0.2) is 30.5 Å². The zero-order chi connectivity index (χ0) is 20.1. The van der Waals surface area contributed by atoms with Gasteiger partial charge in [-0.3, -0.25) is 9.59 Å². The van der Waals surface area contributed by atoms with Crippen molar-refractivity contribution in [1.82, 2.24) is 4.98 Å². The van der Waals surface area contributed by atoms with Gasteiger partial charge in [-0.25, -0.2) is 4.98 Å². The first kappa shape index (κ1) is 19.9. The molecule has 0 radical (unpaired) electrons. The second kappa shape index (κ2) is 8.90. The molecule has 28 heavy (non-hydrogen) atoms. The first-order valence-corrected chi connectivity index (χ1v) is 9.01. The van der Waals surface area contributed by atoms with Crippen LogP contribution in [0.2, 0.25) is 5.02 Å². The number of amides is 2. The summed E-state index contributed by atoms with van der Waals surface area (Å²) in [4.78, 5) is 28.0. The van der Waals surface area contributed by atoms with Crippen LogP contribution in [0, 0.1) is 0 Å². The molecule has 1 aliphatic heterocycles. The Morgan fingerprint density at radius 1 is 1.29 bits per heavy atom. The Kier molecular flexibility index (Phi) is 6.33. The van der Waals surface area contributed by atoms with Crippen LogP contribution in [0.1, 0.15) is 23.7 Å². The number of nitrogens with one attached hydrogen (secondary N) is 2. The minimum Gasteiger partial charge on any atom is -0.495 e. The minimum atomic E-state index is -0.427. The third-order valence-corrected chi connectivity index (χ3v) is 4.27. The van der Waals surface area contributed by atoms with E-state index >= 15 is 0 Å². The molecule has 1 unspecified atom stereocenters. The summed E-state index contributed by atoms with van der Waals surface area (Å²) in [6, 6.07) is 6.41. The molecule has 0 spiro atoms. The number of aromatic nitrogens is 1. The summed E-state index contributed by atoms with van der Waals surface area (Å²) < 4.78 is 16.2. The molecule has 1 aromatic carbocycles. The molecule has 3 rings (SSSR count). The SMILES string of the molecule is COc1ccc(NC(C)=O)cc1NC(=O)c1cnc(OC2CCOC2)c(Cl)c1. The fraction of sp³-hybridized carbons (Fsp3) is 0.316. The molecule has 2 N–H and O–H groups in total. The van der Waals surface area contributed by atoms with Gasteiger partial charge >= 0.3 is 0 Å². The molecular formula is C19H20ClN3O5. The second-order valence-electron chi connectivity index (χ2n) is 6.16. The third-order valence-electron chi connectivity index (χ3n) is 4.00. The van der Waals surface area contributed by atoms with Gasteiger partial charge < -0.3 is 24.8 Å². The lowest BCUT2D eigenvalue weighted by atomic mass is 10.2. The fourth-order valence-electron chi connectivity index (χ4n) is 2.68. The highest BCUT2D eigenvalue weighted by molar-refractivity contribution is 6.32. The van der Waals surface area contributed by atoms with Gasteiger partial charge in [-0.05, 0) is 24.3 Å². The summed E-state index contributed by atoms with van der Waals surface area (Å²) in [6.45, 7) is 2.53. The van der Waals surface area contributed by atoms with E-state index in [0.717, 1.165) is 6.42 Å². The average Bonchev–Trinajstić information content (AvgIpc) is 3.16. The quantitative estimate of drug-likeness (QED) is 0.766. The van der Waals surface area contributed by atoms with Gasteiger partial charge in [0, 0.05) is 25.2 Å². The van der Waals surface area contributed by atoms with Crippen molar-refractivity contribution in [1.29, 1.82) is 0 Å². The summed E-state index contributed by atoms with van der Waals surface area (Å²) in [6.07, 6.45) is 2.06. The molecule has 2 heterocycles. The highest BCUT2D eigenvalue weighted by Crippen LogP contribution is 2.29. The van der Waals surface area contributed by atoms with E-state index in [9.17, 15) is 9.59 Å². The normalized spacial score (nSPS) is 15.8. The first-order chi connectivity index (χ1) is 13.5. The van der Waals surface area contributed by atoms with E-state index in [2.05, 4.69) is 15.6 Å². The van der Waals surface area contributed by atoms with E-state index in [1.54, 1.807) is 18.2 Å². The molecule has 1 atom stereocenters. The van der Waals surface area contributed by atoms with Crippen molar-refractivity contribution in [2.24, 2.45) is 0 Å². The molecule has 9 heteroatoms. The maximum absolute atomic E-state index is 12.6. The lowest BCUT2D eigenvalue weighted by Gasteiger charge is -2.14. The topological polar surface area (TPSA) is 98.8 Å². The molecule has 0 saturated carbocycles. The molecule has 1 aromatic heterocycles. The Morgan fingerprint density at radius 2 is 2.11 bits per heavy atom. The van der Waals surface area contributed by atoms with Gasteiger partial charge in [-0.2, -0.15) is 0 Å². The zero-order valence-electron chi connectivity index (χ0n) is 15.5. The van der Waals surface area contributed by atoms with Crippen LogP contribution in [0.3, 0.4) is 0 Å². The first-order valence-electron chi connectivity index (χ1n) is 8.63. The Morgan fingerprint density at radius 3 is 2.75 bits per heavy atom. The van der Waals surface area contributed by atoms with Gasteiger partial charge in [-0.15, -0.1) is 0 Å². The number of pyridine rings is 1. The van der Waals surface area contributed by atoms with Crippen LogP contribution in [0.25, 0.3) is 0 Å². The molecule has 148 valence electrons. The molecule has 0 aliphatic carbocycles. The van der Waals surface area contributed by atoms with Gasteiger partial charge in [0.05, 0.1) is 31.6 Å². The van der Waals surface area contributed by atoms with Crippen LogP contribution in [0.5, 0.6) is 11.6 Å². The van der Waals surface area contributed by atoms with Gasteiger partial charge in [0.2, 0.25) is 11.8 Å². The summed E-state index contributed by atoms with van der Waals surface area (Å²) in [5.41, 5.74) is 1.19. The fourth-order valence-corrected chi connectivity index (χ4v) is 2.89. The maximum atomic E-state index is 12.6. The molecule has 2 amide bonds. The molecule has 1 fully saturated rings. The summed E-state index contributed by atoms with van der Waals surface area (Å²) >= 11 is 6.22. The Hall–Kier alpha value is -2.84. The molecule has 0 bridgehead atoms. The van der Waals surface area contributed by atoms with Crippen LogP contribution in [-0.2, 0) is 9.53 Å². The maximum Gasteiger partial charge on any atom is 0.257 e. The predicted octanol–water partition coefficient (Wildman–Crippen LogP) is 3.12. The van der Waals surface area contributed by atoms with E-state index in [0.29, 0.717) is 30.3 Å². The van der Waals surface area contributed by atoms with E-state index in [1.807, 2.05) is 0 Å². The number of carbonyl (C=O) groups excluding carboxylic acids is 2. The van der Waals surface area contributed by atoms with Crippen molar-refractivity contribution >= 4 is 34.8 Å². The van der Waals surface area contributed by atoms with Crippen molar-refractivity contribution in [2.45, 2.75) is 19.4 Å². The van der Waals surface area contributed by atoms with E-state index in [-0.39, 0.29) is 28.5 Å². The van der Waals surface area contributed by atoms with Crippen molar-refractivity contribution in [3.05, 3.63) is 41.0 Å². The highest BCUT2D eigenvalue weighted by Gasteiger charge is 2.20. The van der Waals surface area contributed by atoms with Crippen LogP contribution in [-0.4, -0.2) is 43.2 Å². The number of ether oxygens (including phenoxy) is 3. The smallest absolute Gasteiger partial charge is 0.257 e. The standard InChI is InChI=1S/C19H20ClN3O5/c1-11(24)22-13-3-4-17(26-2)16(8-13)23-18(25)12-7-15(20)19(21-9-12)28-14-5-6-27-10-14/h3-4,7-9,14H,5-6,10H2,1-2H3,(H,22,24)(H,23,25). The minimum absolute atomic E-state index is 0.0922. The number of rotatable bonds is 6. The third kappa shape index (κ3) is 4.90. The van der Waals surface area contributed by atoms with E-state index in [1.165, 1.54) is 26.3 Å². The number of methoxy groups -OCH3 is 1. The predicted molar refractivity (Wildman–Crippen MR) is 104 cm³/mol. The van der Waals surface area contributed by atoms with Crippen LogP contribution >= 0.6 is 11.6 Å². The molecule has 1 saturated heterocycles. The van der Waals surface area contributed by atoms with Gasteiger partial charge in [-0.1, -0.05) is 11.6 Å². The van der Waals surface area contributed by atoms with Crippen molar-refractivity contribution in [3.63, 3.8) is 0 Å². The number of hydrogen-bond donors (Lipinski definition) is 2. The van der Waals surface area contributed by atoms with Gasteiger partial charge in [0.25, 0.3) is 5.91 Å². The number of halogens is 1. The molecule has 1 aliphatic rings. The highest BCUT2D eigenvalue weighted by atomic mass is 35.5. The number of carbonyl (C=O) groups is 2. The number of anilines is 2. The summed E-state index contributed by atoms with van der Waals surface area (Å²) in [7, 11) is 1.49. The number of nitrogens with zero attached hydrogens (tertiary/aromatic N) is 1. The molecule has 2 aromatic rings. The average molecular weight is 406 g/mol. The van der Waals surface area contributed by atoms with Crippen molar-refractivity contribution < 1.29 is 23.8 Å². The lowest BCUT2D eigenvalue weighted by molar-refractivity contribution is -0.114. The zero-order valence-corrected chi connectivity index (χ0v) is 16.2. The Labute approximate surface area is 167 Å². The van der Waals surface area contributed by atoms with E-state index < -0.39 is 5.91 Å². The van der Waals surface area contributed by atoms with Crippen LogP contribution < -0.4 is 20.1 Å². The molecule has 8 nitrogen and oxygen atoms in total. The summed E-state index contributed by atoms with van der Waals surface area (Å²) in [5.74, 6) is 0.0618.